The van der Waals surface area contributed by atoms with Crippen LogP contribution in [0, 0.1) is 0 Å². The van der Waals surface area contributed by atoms with E-state index in [4.69, 9.17) is 9.84 Å². The van der Waals surface area contributed by atoms with E-state index in [9.17, 15) is 5.11 Å². The molecule has 0 bridgehead atoms. The third kappa shape index (κ3) is 3.73. The molecule has 1 aromatic heterocycles. The second-order valence-electron chi connectivity index (χ2n) is 3.52. The maximum atomic E-state index is 9.54. The molecule has 90 valence electrons. The zero-order chi connectivity index (χ0) is 12.0. The summed E-state index contributed by atoms with van der Waals surface area (Å²) in [4.78, 5) is 9.88. The molecular formula is C10H17N3O3. The van der Waals surface area contributed by atoms with Gasteiger partial charge in [0.2, 0.25) is 0 Å². The molecule has 0 aliphatic rings. The van der Waals surface area contributed by atoms with Crippen molar-refractivity contribution in [1.29, 1.82) is 0 Å². The lowest BCUT2D eigenvalue weighted by Crippen LogP contribution is -2.32. The van der Waals surface area contributed by atoms with Crippen molar-refractivity contribution in [2.45, 2.75) is 12.7 Å². The predicted molar refractivity (Wildman–Crippen MR) is 59.1 cm³/mol. The Morgan fingerprint density at radius 2 is 2.25 bits per heavy atom. The Hall–Kier alpha value is -1.24. The number of likely N-dealkylation sites (N-methyl/N-ethyl adjacent to an activating group) is 1. The van der Waals surface area contributed by atoms with Crippen molar-refractivity contribution in [1.82, 2.24) is 9.97 Å². The van der Waals surface area contributed by atoms with E-state index in [2.05, 4.69) is 9.97 Å². The van der Waals surface area contributed by atoms with Crippen molar-refractivity contribution < 1.29 is 14.9 Å². The fourth-order valence-corrected chi connectivity index (χ4v) is 1.31. The lowest BCUT2D eigenvalue weighted by atomic mass is 10.3. The first-order valence-electron chi connectivity index (χ1n) is 4.97. The molecule has 1 heterocycles. The SMILES string of the molecule is COCC(O)CN(C)c1cncc(CO)n1. The summed E-state index contributed by atoms with van der Waals surface area (Å²) < 4.78 is 4.83. The minimum atomic E-state index is -0.574. The number of aromatic nitrogens is 2. The van der Waals surface area contributed by atoms with Gasteiger partial charge in [0, 0.05) is 20.7 Å². The number of ether oxygens (including phenoxy) is 1. The Kier molecular flexibility index (Phi) is 5.10. The van der Waals surface area contributed by atoms with E-state index in [1.165, 1.54) is 13.3 Å². The van der Waals surface area contributed by atoms with Gasteiger partial charge in [0.1, 0.15) is 5.82 Å². The second kappa shape index (κ2) is 6.37. The summed E-state index contributed by atoms with van der Waals surface area (Å²) in [6, 6.07) is 0. The van der Waals surface area contributed by atoms with Gasteiger partial charge in [-0.15, -0.1) is 0 Å². The molecule has 0 radical (unpaired) electrons. The van der Waals surface area contributed by atoms with Gasteiger partial charge in [-0.25, -0.2) is 4.98 Å². The molecule has 0 aliphatic carbocycles. The molecule has 0 saturated heterocycles. The van der Waals surface area contributed by atoms with Crippen LogP contribution in [0.5, 0.6) is 0 Å². The van der Waals surface area contributed by atoms with Crippen LogP contribution in [0.3, 0.4) is 0 Å². The van der Waals surface area contributed by atoms with Crippen molar-refractivity contribution in [3.63, 3.8) is 0 Å². The maximum Gasteiger partial charge on any atom is 0.147 e. The summed E-state index contributed by atoms with van der Waals surface area (Å²) in [6.07, 6.45) is 2.51. The van der Waals surface area contributed by atoms with E-state index in [1.807, 2.05) is 0 Å². The van der Waals surface area contributed by atoms with Crippen molar-refractivity contribution in [3.05, 3.63) is 18.1 Å². The molecule has 1 aromatic rings. The second-order valence-corrected chi connectivity index (χ2v) is 3.52. The molecule has 0 aliphatic heterocycles. The highest BCUT2D eigenvalue weighted by Gasteiger charge is 2.10. The number of aliphatic hydroxyl groups is 2. The van der Waals surface area contributed by atoms with Crippen LogP contribution in [0.2, 0.25) is 0 Å². The summed E-state index contributed by atoms with van der Waals surface area (Å²) in [5, 5.41) is 18.5. The van der Waals surface area contributed by atoms with Crippen molar-refractivity contribution in [2.75, 3.05) is 32.2 Å². The Balaban J connectivity index is 2.61. The molecule has 6 nitrogen and oxygen atoms in total. The van der Waals surface area contributed by atoms with Crippen molar-refractivity contribution in [3.8, 4) is 0 Å². The highest BCUT2D eigenvalue weighted by Crippen LogP contribution is 2.08. The Morgan fingerprint density at radius 3 is 2.88 bits per heavy atom. The molecule has 2 N–H and O–H groups in total. The fraction of sp³-hybridized carbons (Fsp3) is 0.600. The van der Waals surface area contributed by atoms with Gasteiger partial charge < -0.3 is 19.8 Å². The van der Waals surface area contributed by atoms with Gasteiger partial charge in [0.05, 0.1) is 37.4 Å². The largest absolute Gasteiger partial charge is 0.390 e. The van der Waals surface area contributed by atoms with E-state index in [1.54, 1.807) is 18.1 Å². The lowest BCUT2D eigenvalue weighted by molar-refractivity contribution is 0.0694. The maximum absolute atomic E-state index is 9.54. The highest BCUT2D eigenvalue weighted by molar-refractivity contribution is 5.35. The van der Waals surface area contributed by atoms with Gasteiger partial charge in [0.25, 0.3) is 0 Å². The van der Waals surface area contributed by atoms with Crippen LogP contribution in [-0.2, 0) is 11.3 Å². The van der Waals surface area contributed by atoms with Gasteiger partial charge in [-0.05, 0) is 0 Å². The van der Waals surface area contributed by atoms with Gasteiger partial charge in [0.15, 0.2) is 0 Å². The van der Waals surface area contributed by atoms with E-state index >= 15 is 0 Å². The van der Waals surface area contributed by atoms with Crippen LogP contribution < -0.4 is 4.90 Å². The summed E-state index contributed by atoms with van der Waals surface area (Å²) in [7, 11) is 3.33. The number of hydrogen-bond acceptors (Lipinski definition) is 6. The lowest BCUT2D eigenvalue weighted by Gasteiger charge is -2.21. The molecule has 0 amide bonds. The van der Waals surface area contributed by atoms with Crippen LogP contribution in [0.25, 0.3) is 0 Å². The normalized spacial score (nSPS) is 12.5. The van der Waals surface area contributed by atoms with Crippen LogP contribution in [-0.4, -0.2) is 53.6 Å². The van der Waals surface area contributed by atoms with Gasteiger partial charge in [-0.2, -0.15) is 0 Å². The standard InChI is InChI=1S/C10H17N3O3/c1-13(5-9(15)7-16-2)10-4-11-3-8(6-14)12-10/h3-4,9,14-15H,5-7H2,1-2H3. The number of nitrogens with zero attached hydrogens (tertiary/aromatic N) is 3. The number of rotatable bonds is 6. The van der Waals surface area contributed by atoms with E-state index in [0.29, 0.717) is 18.1 Å². The smallest absolute Gasteiger partial charge is 0.147 e. The van der Waals surface area contributed by atoms with Crippen LogP contribution in [0.4, 0.5) is 5.82 Å². The summed E-state index contributed by atoms with van der Waals surface area (Å²) in [6.45, 7) is 0.532. The quantitative estimate of drug-likeness (QED) is 0.676. The first kappa shape index (κ1) is 12.8. The molecule has 16 heavy (non-hydrogen) atoms. The van der Waals surface area contributed by atoms with Crippen LogP contribution >= 0.6 is 0 Å². The average molecular weight is 227 g/mol. The number of hydrogen-bond donors (Lipinski definition) is 2. The molecule has 0 saturated carbocycles. The number of aliphatic hydroxyl groups excluding tert-OH is 2. The molecule has 1 rings (SSSR count). The van der Waals surface area contributed by atoms with Gasteiger partial charge in [-0.1, -0.05) is 0 Å². The third-order valence-corrected chi connectivity index (χ3v) is 2.07. The minimum absolute atomic E-state index is 0.144. The zero-order valence-corrected chi connectivity index (χ0v) is 9.50. The molecule has 1 unspecified atom stereocenters. The molecule has 0 aromatic carbocycles. The Bertz CT molecular complexity index is 322. The van der Waals surface area contributed by atoms with Crippen LogP contribution in [0.15, 0.2) is 12.4 Å². The zero-order valence-electron chi connectivity index (χ0n) is 9.50. The summed E-state index contributed by atoms with van der Waals surface area (Å²) >= 11 is 0. The first-order chi connectivity index (χ1) is 7.67. The summed E-state index contributed by atoms with van der Waals surface area (Å²) in [5.74, 6) is 0.613. The van der Waals surface area contributed by atoms with E-state index in [-0.39, 0.29) is 13.2 Å². The Labute approximate surface area is 94.5 Å². The summed E-state index contributed by atoms with van der Waals surface area (Å²) in [5.41, 5.74) is 0.505. The molecule has 1 atom stereocenters. The topological polar surface area (TPSA) is 78.7 Å². The van der Waals surface area contributed by atoms with E-state index < -0.39 is 6.10 Å². The molecular weight excluding hydrogens is 210 g/mol. The Morgan fingerprint density at radius 1 is 1.50 bits per heavy atom. The number of anilines is 1. The molecule has 0 fully saturated rings. The van der Waals surface area contributed by atoms with E-state index in [0.717, 1.165) is 0 Å². The first-order valence-corrected chi connectivity index (χ1v) is 4.97. The third-order valence-electron chi connectivity index (χ3n) is 2.07. The predicted octanol–water partition coefficient (Wildman–Crippen LogP) is -0.588. The molecule has 0 spiro atoms. The number of methoxy groups -OCH3 is 1. The average Bonchev–Trinajstić information content (AvgIpc) is 2.29. The van der Waals surface area contributed by atoms with Crippen molar-refractivity contribution >= 4 is 5.82 Å². The van der Waals surface area contributed by atoms with Gasteiger partial charge >= 0.3 is 0 Å². The van der Waals surface area contributed by atoms with Crippen molar-refractivity contribution in [2.24, 2.45) is 0 Å². The monoisotopic (exact) mass is 227 g/mol. The highest BCUT2D eigenvalue weighted by atomic mass is 16.5. The fourth-order valence-electron chi connectivity index (χ4n) is 1.31. The molecule has 6 heteroatoms. The minimum Gasteiger partial charge on any atom is -0.390 e. The van der Waals surface area contributed by atoms with Gasteiger partial charge in [-0.3, -0.25) is 4.98 Å². The van der Waals surface area contributed by atoms with Crippen LogP contribution in [0.1, 0.15) is 5.69 Å².